The SMILES string of the molecule is CCC(CC)Cn1c(=O)n(CC(O)CN2CCc3ccccc3C2)c(=O)c2ccccc21. The van der Waals surface area contributed by atoms with Crippen LogP contribution in [-0.2, 0) is 26.1 Å². The first-order chi connectivity index (χ1) is 15.5. The molecule has 1 unspecified atom stereocenters. The predicted octanol–water partition coefficient (Wildman–Crippen LogP) is 3.02. The minimum atomic E-state index is -0.798. The molecule has 170 valence electrons. The molecule has 0 radical (unpaired) electrons. The Morgan fingerprint density at radius 3 is 2.31 bits per heavy atom. The fraction of sp³-hybridized carbons (Fsp3) is 0.462. The van der Waals surface area contributed by atoms with Crippen molar-refractivity contribution < 1.29 is 5.11 Å². The van der Waals surface area contributed by atoms with Gasteiger partial charge in [0.15, 0.2) is 0 Å². The van der Waals surface area contributed by atoms with Gasteiger partial charge in [-0.15, -0.1) is 0 Å². The number of fused-ring (bicyclic) bond motifs is 2. The maximum atomic E-state index is 13.4. The highest BCUT2D eigenvalue weighted by molar-refractivity contribution is 5.77. The number of aliphatic hydroxyl groups excluding tert-OH is 1. The minimum Gasteiger partial charge on any atom is -0.390 e. The van der Waals surface area contributed by atoms with Crippen molar-refractivity contribution in [2.75, 3.05) is 13.1 Å². The molecule has 0 spiro atoms. The Kier molecular flexibility index (Phi) is 6.92. The summed E-state index contributed by atoms with van der Waals surface area (Å²) < 4.78 is 2.95. The van der Waals surface area contributed by atoms with E-state index in [1.54, 1.807) is 10.6 Å². The van der Waals surface area contributed by atoms with Gasteiger partial charge in [0, 0.05) is 26.2 Å². The van der Waals surface area contributed by atoms with E-state index in [2.05, 4.69) is 36.9 Å². The van der Waals surface area contributed by atoms with Gasteiger partial charge in [0.05, 0.1) is 23.6 Å². The third-order valence-corrected chi connectivity index (χ3v) is 6.80. The van der Waals surface area contributed by atoms with Gasteiger partial charge in [-0.1, -0.05) is 63.1 Å². The van der Waals surface area contributed by atoms with Crippen molar-refractivity contribution in [3.8, 4) is 0 Å². The first kappa shape index (κ1) is 22.5. The van der Waals surface area contributed by atoms with E-state index in [0.717, 1.165) is 32.4 Å². The summed E-state index contributed by atoms with van der Waals surface area (Å²) in [6.07, 6.45) is 2.08. The van der Waals surface area contributed by atoms with Crippen LogP contribution in [0.25, 0.3) is 10.9 Å². The average molecular weight is 436 g/mol. The number of aliphatic hydroxyl groups is 1. The van der Waals surface area contributed by atoms with Gasteiger partial charge in [-0.3, -0.25) is 18.8 Å². The maximum Gasteiger partial charge on any atom is 0.331 e. The van der Waals surface area contributed by atoms with E-state index >= 15 is 0 Å². The fourth-order valence-electron chi connectivity index (χ4n) is 4.79. The number of β-amino-alcohol motifs (C(OH)–C–C–N with tert-alkyl or cyclic N) is 1. The summed E-state index contributed by atoms with van der Waals surface area (Å²) in [5, 5.41) is 11.4. The number of rotatable bonds is 8. The smallest absolute Gasteiger partial charge is 0.331 e. The van der Waals surface area contributed by atoms with Crippen LogP contribution in [0.4, 0.5) is 0 Å². The zero-order chi connectivity index (χ0) is 22.7. The van der Waals surface area contributed by atoms with Gasteiger partial charge < -0.3 is 5.11 Å². The highest BCUT2D eigenvalue weighted by Gasteiger charge is 2.21. The lowest BCUT2D eigenvalue weighted by molar-refractivity contribution is 0.0896. The third-order valence-electron chi connectivity index (χ3n) is 6.80. The second-order valence-electron chi connectivity index (χ2n) is 8.92. The Balaban J connectivity index is 1.60. The maximum absolute atomic E-state index is 13.4. The van der Waals surface area contributed by atoms with Crippen molar-refractivity contribution in [1.82, 2.24) is 14.0 Å². The average Bonchev–Trinajstić information content (AvgIpc) is 2.82. The van der Waals surface area contributed by atoms with Crippen LogP contribution in [0.3, 0.4) is 0 Å². The van der Waals surface area contributed by atoms with Crippen molar-refractivity contribution >= 4 is 10.9 Å². The van der Waals surface area contributed by atoms with E-state index in [9.17, 15) is 14.7 Å². The molecular formula is C26H33N3O3. The monoisotopic (exact) mass is 435 g/mol. The highest BCUT2D eigenvalue weighted by Crippen LogP contribution is 2.19. The van der Waals surface area contributed by atoms with Crippen LogP contribution in [0.2, 0.25) is 0 Å². The lowest BCUT2D eigenvalue weighted by Gasteiger charge is -2.30. The number of nitrogens with zero attached hydrogens (tertiary/aromatic N) is 3. The van der Waals surface area contributed by atoms with Crippen LogP contribution < -0.4 is 11.2 Å². The van der Waals surface area contributed by atoms with E-state index in [4.69, 9.17) is 0 Å². The molecule has 0 fully saturated rings. The molecule has 1 aliphatic rings. The van der Waals surface area contributed by atoms with E-state index in [-0.39, 0.29) is 17.8 Å². The van der Waals surface area contributed by atoms with Crippen LogP contribution in [0.15, 0.2) is 58.1 Å². The molecule has 0 amide bonds. The zero-order valence-electron chi connectivity index (χ0n) is 19.0. The molecule has 0 aliphatic carbocycles. The molecule has 1 aliphatic heterocycles. The van der Waals surface area contributed by atoms with Gasteiger partial charge in [0.25, 0.3) is 5.56 Å². The Hall–Kier alpha value is -2.70. The molecule has 6 nitrogen and oxygen atoms in total. The van der Waals surface area contributed by atoms with Crippen LogP contribution >= 0.6 is 0 Å². The molecule has 3 aromatic rings. The Bertz CT molecular complexity index is 1190. The van der Waals surface area contributed by atoms with Gasteiger partial charge in [0.1, 0.15) is 0 Å². The summed E-state index contributed by atoms with van der Waals surface area (Å²) >= 11 is 0. The van der Waals surface area contributed by atoms with Crippen molar-refractivity contribution in [3.63, 3.8) is 0 Å². The summed E-state index contributed by atoms with van der Waals surface area (Å²) in [5.74, 6) is 0.361. The second kappa shape index (κ2) is 9.84. The molecule has 0 bridgehead atoms. The number of hydrogen-bond donors (Lipinski definition) is 1. The number of benzene rings is 2. The van der Waals surface area contributed by atoms with Crippen molar-refractivity contribution in [2.24, 2.45) is 5.92 Å². The van der Waals surface area contributed by atoms with Gasteiger partial charge in [-0.2, -0.15) is 0 Å². The largest absolute Gasteiger partial charge is 0.390 e. The number of aromatic nitrogens is 2. The summed E-state index contributed by atoms with van der Waals surface area (Å²) in [6.45, 7) is 6.89. The molecule has 0 saturated carbocycles. The molecule has 2 heterocycles. The fourth-order valence-corrected chi connectivity index (χ4v) is 4.79. The predicted molar refractivity (Wildman–Crippen MR) is 128 cm³/mol. The molecule has 1 atom stereocenters. The van der Waals surface area contributed by atoms with E-state index in [1.165, 1.54) is 15.7 Å². The zero-order valence-corrected chi connectivity index (χ0v) is 19.0. The normalized spacial score (nSPS) is 15.2. The highest BCUT2D eigenvalue weighted by atomic mass is 16.3. The quantitative estimate of drug-likeness (QED) is 0.591. The third kappa shape index (κ3) is 4.57. The molecular weight excluding hydrogens is 402 g/mol. The second-order valence-corrected chi connectivity index (χ2v) is 8.92. The van der Waals surface area contributed by atoms with Crippen LogP contribution in [0.1, 0.15) is 37.8 Å². The topological polar surface area (TPSA) is 67.5 Å². The van der Waals surface area contributed by atoms with Gasteiger partial charge in [0.2, 0.25) is 0 Å². The van der Waals surface area contributed by atoms with Gasteiger partial charge in [-0.25, -0.2) is 4.79 Å². The summed E-state index contributed by atoms with van der Waals surface area (Å²) in [7, 11) is 0. The van der Waals surface area contributed by atoms with Crippen molar-refractivity contribution in [2.45, 2.75) is 58.8 Å². The molecule has 1 N–H and O–H groups in total. The van der Waals surface area contributed by atoms with Crippen LogP contribution in [-0.4, -0.2) is 38.3 Å². The minimum absolute atomic E-state index is 0.00354. The molecule has 32 heavy (non-hydrogen) atoms. The molecule has 6 heteroatoms. The summed E-state index contributed by atoms with van der Waals surface area (Å²) in [6, 6.07) is 15.7. The van der Waals surface area contributed by atoms with Crippen LogP contribution in [0.5, 0.6) is 0 Å². The van der Waals surface area contributed by atoms with E-state index in [1.807, 2.05) is 24.3 Å². The lowest BCUT2D eigenvalue weighted by Crippen LogP contribution is -2.45. The summed E-state index contributed by atoms with van der Waals surface area (Å²) in [5.41, 5.74) is 2.65. The number of para-hydroxylation sites is 1. The van der Waals surface area contributed by atoms with Crippen molar-refractivity contribution in [3.05, 3.63) is 80.5 Å². The Morgan fingerprint density at radius 2 is 1.56 bits per heavy atom. The molecule has 0 saturated heterocycles. The first-order valence-corrected chi connectivity index (χ1v) is 11.7. The van der Waals surface area contributed by atoms with E-state index < -0.39 is 6.10 Å². The Labute approximate surface area is 188 Å². The lowest BCUT2D eigenvalue weighted by atomic mass is 10.00. The standard InChI is InChI=1S/C26H33N3O3/c1-3-19(4-2)15-28-24-12-8-7-11-23(24)25(31)29(26(28)32)18-22(30)17-27-14-13-20-9-5-6-10-21(20)16-27/h5-12,19,22,30H,3-4,13-18H2,1-2H3. The first-order valence-electron chi connectivity index (χ1n) is 11.7. The van der Waals surface area contributed by atoms with Crippen LogP contribution in [0, 0.1) is 5.92 Å². The number of hydrogen-bond acceptors (Lipinski definition) is 4. The Morgan fingerprint density at radius 1 is 0.875 bits per heavy atom. The molecule has 4 rings (SSSR count). The van der Waals surface area contributed by atoms with Gasteiger partial charge in [-0.05, 0) is 35.6 Å². The summed E-state index contributed by atoms with van der Waals surface area (Å²) in [4.78, 5) is 28.7. The van der Waals surface area contributed by atoms with E-state index in [0.29, 0.717) is 29.9 Å². The van der Waals surface area contributed by atoms with Crippen molar-refractivity contribution in [1.29, 1.82) is 0 Å². The molecule has 2 aromatic carbocycles. The molecule has 1 aromatic heterocycles. The van der Waals surface area contributed by atoms with Gasteiger partial charge >= 0.3 is 5.69 Å².